The second-order valence-corrected chi connectivity index (χ2v) is 8.02. The number of aromatic nitrogens is 1. The zero-order chi connectivity index (χ0) is 18.8. The van der Waals surface area contributed by atoms with Crippen LogP contribution in [0.3, 0.4) is 0 Å². The molecule has 1 fully saturated rings. The fourth-order valence-electron chi connectivity index (χ4n) is 2.46. The molecule has 1 aliphatic rings. The lowest BCUT2D eigenvalue weighted by atomic mass is 9.99. The Labute approximate surface area is 159 Å². The van der Waals surface area contributed by atoms with E-state index in [0.29, 0.717) is 19.0 Å². The van der Waals surface area contributed by atoms with Crippen LogP contribution < -0.4 is 10.1 Å². The van der Waals surface area contributed by atoms with E-state index in [-0.39, 0.29) is 5.60 Å². The monoisotopic (exact) mass is 376 g/mol. The maximum Gasteiger partial charge on any atom is 0.293 e. The summed E-state index contributed by atoms with van der Waals surface area (Å²) in [6.45, 7) is 8.70. The Balaban J connectivity index is 0.000000298. The number of thiazole rings is 1. The van der Waals surface area contributed by atoms with Crippen LogP contribution in [0.25, 0.3) is 0 Å². The van der Waals surface area contributed by atoms with E-state index in [2.05, 4.69) is 15.4 Å². The van der Waals surface area contributed by atoms with Crippen molar-refractivity contribution in [2.45, 2.75) is 51.7 Å². The number of rotatable bonds is 5. The number of carbonyl (C=O) groups is 1. The Morgan fingerprint density at radius 2 is 1.92 bits per heavy atom. The number of piperidine rings is 1. The molecule has 1 aromatic heterocycles. The van der Waals surface area contributed by atoms with Gasteiger partial charge in [-0.1, -0.05) is 18.2 Å². The first kappa shape index (κ1) is 20.4. The Morgan fingerprint density at radius 1 is 1.23 bits per heavy atom. The van der Waals surface area contributed by atoms with E-state index >= 15 is 0 Å². The first-order chi connectivity index (χ1) is 12.5. The summed E-state index contributed by atoms with van der Waals surface area (Å²) < 4.78 is 10.3. The van der Waals surface area contributed by atoms with E-state index in [0.717, 1.165) is 24.5 Å². The van der Waals surface area contributed by atoms with Crippen LogP contribution in [-0.2, 0) is 16.1 Å². The van der Waals surface area contributed by atoms with Gasteiger partial charge in [0.2, 0.25) is 0 Å². The number of nitrogens with zero attached hydrogens (tertiary/aromatic N) is 1. The van der Waals surface area contributed by atoms with Crippen molar-refractivity contribution in [3.8, 4) is 5.75 Å². The molecular weight excluding hydrogens is 348 g/mol. The molecule has 0 atom stereocenters. The van der Waals surface area contributed by atoms with E-state index in [1.54, 1.807) is 11.3 Å². The molecular formula is C20H28N2O3S. The van der Waals surface area contributed by atoms with Crippen LogP contribution in [0.2, 0.25) is 0 Å². The topological polar surface area (TPSA) is 60.5 Å². The summed E-state index contributed by atoms with van der Waals surface area (Å²) in [5, 5.41) is 6.79. The van der Waals surface area contributed by atoms with Crippen molar-refractivity contribution >= 4 is 17.8 Å². The number of carbonyl (C=O) groups excluding carboxylic acids is 1. The van der Waals surface area contributed by atoms with Crippen molar-refractivity contribution in [2.75, 3.05) is 13.1 Å². The first-order valence-corrected chi connectivity index (χ1v) is 9.80. The molecule has 3 rings (SSSR count). The van der Waals surface area contributed by atoms with Crippen LogP contribution in [0.5, 0.6) is 5.75 Å². The van der Waals surface area contributed by atoms with Crippen molar-refractivity contribution in [2.24, 2.45) is 0 Å². The lowest BCUT2D eigenvalue weighted by molar-refractivity contribution is -0.138. The Morgan fingerprint density at radius 3 is 2.50 bits per heavy atom. The summed E-state index contributed by atoms with van der Waals surface area (Å²) in [6.07, 6.45) is 2.40. The third kappa shape index (κ3) is 7.54. The highest BCUT2D eigenvalue weighted by Gasteiger charge is 2.18. The van der Waals surface area contributed by atoms with Gasteiger partial charge in [-0.05, 0) is 58.8 Å². The zero-order valence-electron chi connectivity index (χ0n) is 15.7. The number of para-hydroxylation sites is 1. The fraction of sp³-hybridized carbons (Fsp3) is 0.500. The van der Waals surface area contributed by atoms with Crippen LogP contribution in [0.15, 0.2) is 35.7 Å². The molecule has 0 unspecified atom stereocenters. The molecule has 1 aromatic carbocycles. The number of benzene rings is 1. The molecule has 1 saturated heterocycles. The Kier molecular flexibility index (Phi) is 8.06. The quantitative estimate of drug-likeness (QED) is 0.795. The zero-order valence-corrected chi connectivity index (χ0v) is 16.6. The van der Waals surface area contributed by atoms with Gasteiger partial charge in [0.1, 0.15) is 18.0 Å². The van der Waals surface area contributed by atoms with Crippen molar-refractivity contribution in [3.05, 3.63) is 46.4 Å². The van der Waals surface area contributed by atoms with Gasteiger partial charge >= 0.3 is 0 Å². The van der Waals surface area contributed by atoms with Gasteiger partial charge in [-0.15, -0.1) is 11.3 Å². The smallest absolute Gasteiger partial charge is 0.293 e. The van der Waals surface area contributed by atoms with Crippen molar-refractivity contribution in [1.29, 1.82) is 0 Å². The van der Waals surface area contributed by atoms with Crippen molar-refractivity contribution in [1.82, 2.24) is 10.3 Å². The third-order valence-electron chi connectivity index (χ3n) is 3.79. The maximum absolute atomic E-state index is 9.60. The van der Waals surface area contributed by atoms with Gasteiger partial charge in [0, 0.05) is 11.3 Å². The predicted octanol–water partition coefficient (Wildman–Crippen LogP) is 4.15. The van der Waals surface area contributed by atoms with Gasteiger partial charge in [-0.2, -0.15) is 0 Å². The standard InChI is InChI=1S/C15H18N2OS.C5H10O2/c1-2-4-14(5-3-1)18-10-13-11-19-15(17-13)12-6-8-16-9-7-12;1-5(2,3)7-4-6/h1-5,11-12,16H,6-10H2;4H,1-3H3. The van der Waals surface area contributed by atoms with Crippen LogP contribution in [0.1, 0.15) is 50.2 Å². The molecule has 0 saturated carbocycles. The summed E-state index contributed by atoms with van der Waals surface area (Å²) in [5.41, 5.74) is 0.726. The number of nitrogens with one attached hydrogen (secondary N) is 1. The SMILES string of the molecule is CC(C)(C)OC=O.c1ccc(OCc2csc(C3CCNCC3)n2)cc1. The molecule has 2 aromatic rings. The van der Waals surface area contributed by atoms with Gasteiger partial charge in [0.15, 0.2) is 0 Å². The van der Waals surface area contributed by atoms with E-state index in [4.69, 9.17) is 9.72 Å². The number of hydrogen-bond donors (Lipinski definition) is 1. The lowest BCUT2D eigenvalue weighted by Crippen LogP contribution is -2.26. The van der Waals surface area contributed by atoms with E-state index in [1.807, 2.05) is 51.1 Å². The molecule has 0 spiro atoms. The molecule has 2 heterocycles. The van der Waals surface area contributed by atoms with Crippen LogP contribution in [-0.4, -0.2) is 30.1 Å². The maximum atomic E-state index is 9.60. The summed E-state index contributed by atoms with van der Waals surface area (Å²) in [7, 11) is 0. The average molecular weight is 377 g/mol. The second kappa shape index (κ2) is 10.3. The second-order valence-electron chi connectivity index (χ2n) is 7.13. The highest BCUT2D eigenvalue weighted by Crippen LogP contribution is 2.28. The van der Waals surface area contributed by atoms with E-state index in [1.165, 1.54) is 17.8 Å². The summed E-state index contributed by atoms with van der Waals surface area (Å²) in [4.78, 5) is 14.3. The van der Waals surface area contributed by atoms with Gasteiger partial charge < -0.3 is 14.8 Å². The fourth-order valence-corrected chi connectivity index (χ4v) is 3.44. The van der Waals surface area contributed by atoms with Gasteiger partial charge in [-0.3, -0.25) is 4.79 Å². The largest absolute Gasteiger partial charge is 0.487 e. The first-order valence-electron chi connectivity index (χ1n) is 8.92. The molecule has 1 N–H and O–H groups in total. The summed E-state index contributed by atoms with van der Waals surface area (Å²) in [5.74, 6) is 1.54. The highest BCUT2D eigenvalue weighted by atomic mass is 32.1. The molecule has 0 amide bonds. The molecule has 0 radical (unpaired) electrons. The molecule has 26 heavy (non-hydrogen) atoms. The molecule has 0 aliphatic carbocycles. The average Bonchev–Trinajstić information content (AvgIpc) is 3.10. The van der Waals surface area contributed by atoms with Crippen molar-refractivity contribution < 1.29 is 14.3 Å². The minimum Gasteiger partial charge on any atom is -0.487 e. The Hall–Kier alpha value is -1.92. The van der Waals surface area contributed by atoms with E-state index < -0.39 is 0 Å². The summed E-state index contributed by atoms with van der Waals surface area (Å²) in [6, 6.07) is 9.90. The van der Waals surface area contributed by atoms with Gasteiger partial charge in [-0.25, -0.2) is 4.98 Å². The van der Waals surface area contributed by atoms with Crippen LogP contribution in [0, 0.1) is 0 Å². The molecule has 5 nitrogen and oxygen atoms in total. The minimum absolute atomic E-state index is 0.318. The van der Waals surface area contributed by atoms with Crippen molar-refractivity contribution in [3.63, 3.8) is 0 Å². The summed E-state index contributed by atoms with van der Waals surface area (Å²) >= 11 is 1.77. The van der Waals surface area contributed by atoms with E-state index in [9.17, 15) is 4.79 Å². The molecule has 142 valence electrons. The lowest BCUT2D eigenvalue weighted by Gasteiger charge is -2.20. The third-order valence-corrected chi connectivity index (χ3v) is 4.85. The van der Waals surface area contributed by atoms with Gasteiger partial charge in [0.25, 0.3) is 6.47 Å². The molecule has 6 heteroatoms. The van der Waals surface area contributed by atoms with Crippen LogP contribution in [0.4, 0.5) is 0 Å². The van der Waals surface area contributed by atoms with Gasteiger partial charge in [0.05, 0.1) is 10.7 Å². The minimum atomic E-state index is -0.318. The number of hydrogen-bond acceptors (Lipinski definition) is 6. The predicted molar refractivity (Wildman–Crippen MR) is 105 cm³/mol. The Bertz CT molecular complexity index is 647. The molecule has 1 aliphatic heterocycles. The number of ether oxygens (including phenoxy) is 2. The van der Waals surface area contributed by atoms with Crippen LogP contribution >= 0.6 is 11.3 Å². The molecule has 0 bridgehead atoms. The highest BCUT2D eigenvalue weighted by molar-refractivity contribution is 7.09. The normalized spacial score (nSPS) is 14.9.